The molecule has 1 fully saturated rings. The SMILES string of the molecule is CCC(C)C(C)N1CCCC1c1cc(F)cc(OCC(O)CO)c1. The van der Waals surface area contributed by atoms with Crippen LogP contribution >= 0.6 is 0 Å². The Labute approximate surface area is 144 Å². The minimum absolute atomic E-state index is 0.0446. The molecule has 136 valence electrons. The first-order valence-electron chi connectivity index (χ1n) is 8.94. The van der Waals surface area contributed by atoms with Crippen molar-refractivity contribution in [2.45, 2.75) is 58.2 Å². The fraction of sp³-hybridized carbons (Fsp3) is 0.684. The Balaban J connectivity index is 2.16. The summed E-state index contributed by atoms with van der Waals surface area (Å²) in [5.74, 6) is 0.666. The number of aliphatic hydroxyl groups is 2. The summed E-state index contributed by atoms with van der Waals surface area (Å²) in [6.45, 7) is 7.33. The minimum atomic E-state index is -0.954. The quantitative estimate of drug-likeness (QED) is 0.764. The second-order valence-electron chi connectivity index (χ2n) is 6.89. The first-order valence-corrected chi connectivity index (χ1v) is 8.94. The molecule has 5 heteroatoms. The number of ether oxygens (including phenoxy) is 1. The van der Waals surface area contributed by atoms with Crippen molar-refractivity contribution in [2.24, 2.45) is 5.92 Å². The van der Waals surface area contributed by atoms with Crippen LogP contribution in [0.1, 0.15) is 51.6 Å². The van der Waals surface area contributed by atoms with E-state index in [0.29, 0.717) is 17.7 Å². The zero-order valence-corrected chi connectivity index (χ0v) is 14.9. The smallest absolute Gasteiger partial charge is 0.127 e. The average molecular weight is 339 g/mol. The lowest BCUT2D eigenvalue weighted by atomic mass is 9.96. The molecule has 1 heterocycles. The maximum absolute atomic E-state index is 14.0. The van der Waals surface area contributed by atoms with Gasteiger partial charge in [0.25, 0.3) is 0 Å². The molecular formula is C19H30FNO3. The van der Waals surface area contributed by atoms with Gasteiger partial charge in [-0.25, -0.2) is 4.39 Å². The number of hydrogen-bond acceptors (Lipinski definition) is 4. The summed E-state index contributed by atoms with van der Waals surface area (Å²) >= 11 is 0. The molecule has 0 bridgehead atoms. The lowest BCUT2D eigenvalue weighted by Gasteiger charge is -2.34. The van der Waals surface area contributed by atoms with Crippen molar-refractivity contribution in [1.29, 1.82) is 0 Å². The summed E-state index contributed by atoms with van der Waals surface area (Å²) in [7, 11) is 0. The molecule has 1 aliphatic heterocycles. The second kappa shape index (κ2) is 8.79. The van der Waals surface area contributed by atoms with Crippen LogP contribution in [-0.2, 0) is 0 Å². The van der Waals surface area contributed by atoms with Gasteiger partial charge < -0.3 is 14.9 Å². The van der Waals surface area contributed by atoms with Crippen LogP contribution in [0.4, 0.5) is 4.39 Å². The Morgan fingerprint density at radius 2 is 2.08 bits per heavy atom. The molecule has 1 aliphatic rings. The van der Waals surface area contributed by atoms with Gasteiger partial charge in [-0.3, -0.25) is 4.90 Å². The van der Waals surface area contributed by atoms with E-state index < -0.39 is 6.10 Å². The molecule has 2 N–H and O–H groups in total. The standard InChI is InChI=1S/C19H30FNO3/c1-4-13(2)14(3)21-7-5-6-19(21)15-8-16(20)10-18(9-15)24-12-17(23)11-22/h8-10,13-14,17,19,22-23H,4-7,11-12H2,1-3H3. The van der Waals surface area contributed by atoms with E-state index in [4.69, 9.17) is 9.84 Å². The Hall–Kier alpha value is -1.17. The zero-order chi connectivity index (χ0) is 17.7. The average Bonchev–Trinajstić information content (AvgIpc) is 3.07. The largest absolute Gasteiger partial charge is 0.491 e. The third-order valence-corrected chi connectivity index (χ3v) is 5.22. The summed E-state index contributed by atoms with van der Waals surface area (Å²) in [5.41, 5.74) is 0.927. The summed E-state index contributed by atoms with van der Waals surface area (Å²) in [6, 6.07) is 5.42. The van der Waals surface area contributed by atoms with Gasteiger partial charge in [0.1, 0.15) is 24.3 Å². The normalized spacial score (nSPS) is 22.3. The van der Waals surface area contributed by atoms with E-state index in [9.17, 15) is 9.50 Å². The molecule has 0 saturated carbocycles. The predicted octanol–water partition coefficient (Wildman–Crippen LogP) is 3.13. The van der Waals surface area contributed by atoms with E-state index in [1.165, 1.54) is 6.07 Å². The topological polar surface area (TPSA) is 52.9 Å². The molecular weight excluding hydrogens is 309 g/mol. The molecule has 4 nitrogen and oxygen atoms in total. The highest BCUT2D eigenvalue weighted by Gasteiger charge is 2.32. The van der Waals surface area contributed by atoms with Gasteiger partial charge >= 0.3 is 0 Å². The highest BCUT2D eigenvalue weighted by molar-refractivity contribution is 5.32. The minimum Gasteiger partial charge on any atom is -0.491 e. The van der Waals surface area contributed by atoms with E-state index >= 15 is 0 Å². The maximum Gasteiger partial charge on any atom is 0.127 e. The van der Waals surface area contributed by atoms with Crippen LogP contribution in [0.5, 0.6) is 5.75 Å². The number of halogens is 1. The molecule has 2 rings (SSSR count). The summed E-state index contributed by atoms with van der Waals surface area (Å²) in [5, 5.41) is 18.3. The maximum atomic E-state index is 14.0. The Morgan fingerprint density at radius 1 is 1.33 bits per heavy atom. The Kier molecular flexibility index (Phi) is 7.02. The van der Waals surface area contributed by atoms with Crippen LogP contribution in [0.25, 0.3) is 0 Å². The van der Waals surface area contributed by atoms with Crippen molar-refractivity contribution in [3.63, 3.8) is 0 Å². The van der Waals surface area contributed by atoms with Gasteiger partial charge in [-0.2, -0.15) is 0 Å². The predicted molar refractivity (Wildman–Crippen MR) is 92.6 cm³/mol. The molecule has 0 spiro atoms. The summed E-state index contributed by atoms with van der Waals surface area (Å²) in [4.78, 5) is 2.47. The monoisotopic (exact) mass is 339 g/mol. The highest BCUT2D eigenvalue weighted by Crippen LogP contribution is 2.37. The van der Waals surface area contributed by atoms with Gasteiger partial charge in [-0.1, -0.05) is 20.3 Å². The lowest BCUT2D eigenvalue weighted by Crippen LogP contribution is -2.37. The van der Waals surface area contributed by atoms with Crippen molar-refractivity contribution in [1.82, 2.24) is 4.90 Å². The molecule has 0 radical (unpaired) electrons. The Bertz CT molecular complexity index is 525. The fourth-order valence-electron chi connectivity index (χ4n) is 3.41. The van der Waals surface area contributed by atoms with Gasteiger partial charge in [-0.05, 0) is 49.9 Å². The second-order valence-corrected chi connectivity index (χ2v) is 6.89. The van der Waals surface area contributed by atoms with Crippen LogP contribution in [0.15, 0.2) is 18.2 Å². The van der Waals surface area contributed by atoms with Crippen molar-refractivity contribution in [3.05, 3.63) is 29.6 Å². The van der Waals surface area contributed by atoms with Gasteiger partial charge in [-0.15, -0.1) is 0 Å². The highest BCUT2D eigenvalue weighted by atomic mass is 19.1. The van der Waals surface area contributed by atoms with Gasteiger partial charge in [0.2, 0.25) is 0 Å². The van der Waals surface area contributed by atoms with Crippen LogP contribution in [0.2, 0.25) is 0 Å². The molecule has 24 heavy (non-hydrogen) atoms. The first kappa shape index (κ1) is 19.2. The van der Waals surface area contributed by atoms with E-state index in [2.05, 4.69) is 25.7 Å². The number of benzene rings is 1. The third kappa shape index (κ3) is 4.68. The van der Waals surface area contributed by atoms with Crippen LogP contribution in [0, 0.1) is 11.7 Å². The van der Waals surface area contributed by atoms with Crippen molar-refractivity contribution < 1.29 is 19.3 Å². The summed E-state index contributed by atoms with van der Waals surface area (Å²) < 4.78 is 19.5. The van der Waals surface area contributed by atoms with Gasteiger partial charge in [0.05, 0.1) is 6.61 Å². The number of rotatable bonds is 8. The number of aliphatic hydroxyl groups excluding tert-OH is 2. The van der Waals surface area contributed by atoms with E-state index in [1.54, 1.807) is 6.07 Å². The molecule has 4 unspecified atom stereocenters. The van der Waals surface area contributed by atoms with Crippen molar-refractivity contribution >= 4 is 0 Å². The Morgan fingerprint density at radius 3 is 2.75 bits per heavy atom. The van der Waals surface area contributed by atoms with E-state index in [0.717, 1.165) is 31.4 Å². The third-order valence-electron chi connectivity index (χ3n) is 5.22. The molecule has 1 aromatic carbocycles. The first-order chi connectivity index (χ1) is 11.5. The molecule has 1 saturated heterocycles. The van der Waals surface area contributed by atoms with Crippen LogP contribution in [0.3, 0.4) is 0 Å². The van der Waals surface area contributed by atoms with E-state index in [-0.39, 0.29) is 25.1 Å². The molecule has 0 aliphatic carbocycles. The number of likely N-dealkylation sites (tertiary alicyclic amines) is 1. The van der Waals surface area contributed by atoms with Gasteiger partial charge in [0, 0.05) is 18.2 Å². The molecule has 1 aromatic rings. The fourth-order valence-corrected chi connectivity index (χ4v) is 3.41. The number of hydrogen-bond donors (Lipinski definition) is 2. The number of nitrogens with zero attached hydrogens (tertiary/aromatic N) is 1. The van der Waals surface area contributed by atoms with Gasteiger partial charge in [0.15, 0.2) is 0 Å². The lowest BCUT2D eigenvalue weighted by molar-refractivity contribution is 0.0534. The zero-order valence-electron chi connectivity index (χ0n) is 14.9. The van der Waals surface area contributed by atoms with E-state index in [1.807, 2.05) is 6.07 Å². The molecule has 0 amide bonds. The molecule has 0 aromatic heterocycles. The van der Waals surface area contributed by atoms with Crippen molar-refractivity contribution in [3.8, 4) is 5.75 Å². The summed E-state index contributed by atoms with van der Waals surface area (Å²) in [6.07, 6.45) is 2.30. The molecule has 4 atom stereocenters. The van der Waals surface area contributed by atoms with Crippen LogP contribution in [-0.4, -0.2) is 47.0 Å². The van der Waals surface area contributed by atoms with Crippen LogP contribution < -0.4 is 4.74 Å². The van der Waals surface area contributed by atoms with Crippen molar-refractivity contribution in [2.75, 3.05) is 19.8 Å².